The van der Waals surface area contributed by atoms with E-state index in [4.69, 9.17) is 19.3 Å². The largest absolute Gasteiger partial charge is 0.490 e. The first-order valence-corrected chi connectivity index (χ1v) is 11.9. The van der Waals surface area contributed by atoms with E-state index in [9.17, 15) is 22.8 Å². The summed E-state index contributed by atoms with van der Waals surface area (Å²) in [6.07, 6.45) is -2.66. The Morgan fingerprint density at radius 3 is 2.32 bits per heavy atom. The van der Waals surface area contributed by atoms with Crippen LogP contribution < -0.4 is 14.2 Å². The van der Waals surface area contributed by atoms with Gasteiger partial charge in [-0.3, -0.25) is 4.79 Å². The molecule has 0 spiro atoms. The number of hydrogen-bond acceptors (Lipinski definition) is 6. The molecule has 0 saturated carbocycles. The zero-order valence-corrected chi connectivity index (χ0v) is 20.2. The van der Waals surface area contributed by atoms with Crippen LogP contribution in [0.2, 0.25) is 0 Å². The lowest BCUT2D eigenvalue weighted by Gasteiger charge is -2.31. The van der Waals surface area contributed by atoms with Gasteiger partial charge in [0.15, 0.2) is 0 Å². The summed E-state index contributed by atoms with van der Waals surface area (Å²) in [7, 11) is 0. The van der Waals surface area contributed by atoms with Crippen LogP contribution in [0.5, 0.6) is 23.1 Å². The van der Waals surface area contributed by atoms with Crippen LogP contribution in [0.1, 0.15) is 30.4 Å². The fourth-order valence-electron chi connectivity index (χ4n) is 3.84. The molecule has 1 amide bonds. The van der Waals surface area contributed by atoms with Gasteiger partial charge in [-0.2, -0.15) is 13.2 Å². The number of ether oxygens (including phenoxy) is 3. The maximum atomic E-state index is 12.6. The van der Waals surface area contributed by atoms with E-state index in [0.717, 1.165) is 17.7 Å². The highest BCUT2D eigenvalue weighted by Gasteiger charge is 2.30. The quantitative estimate of drug-likeness (QED) is 0.384. The summed E-state index contributed by atoms with van der Waals surface area (Å²) in [5.41, 5.74) is 0.0165. The number of alkyl halides is 3. The van der Waals surface area contributed by atoms with Crippen LogP contribution in [0.4, 0.5) is 18.0 Å². The topological polar surface area (TPSA) is 98.2 Å². The molecule has 3 aromatic rings. The van der Waals surface area contributed by atoms with Crippen LogP contribution in [0.3, 0.4) is 0 Å². The van der Waals surface area contributed by atoms with Gasteiger partial charge in [0.05, 0.1) is 5.56 Å². The van der Waals surface area contributed by atoms with Gasteiger partial charge < -0.3 is 24.2 Å². The molecular weight excluding hydrogens is 505 g/mol. The fourth-order valence-corrected chi connectivity index (χ4v) is 3.84. The summed E-state index contributed by atoms with van der Waals surface area (Å²) >= 11 is 0. The number of pyridine rings is 1. The smallest absolute Gasteiger partial charge is 0.417 e. The minimum Gasteiger partial charge on any atom is -0.490 e. The van der Waals surface area contributed by atoms with E-state index in [0.29, 0.717) is 55.8 Å². The lowest BCUT2D eigenvalue weighted by Crippen LogP contribution is -2.43. The number of halogens is 3. The molecule has 1 saturated heterocycles. The summed E-state index contributed by atoms with van der Waals surface area (Å²) in [6, 6.07) is 15.4. The van der Waals surface area contributed by atoms with Crippen molar-refractivity contribution in [2.45, 2.75) is 38.0 Å². The molecule has 0 radical (unpaired) electrons. The second kappa shape index (κ2) is 11.8. The van der Waals surface area contributed by atoms with E-state index in [2.05, 4.69) is 4.98 Å². The molecule has 0 atom stereocenters. The molecule has 11 heteroatoms. The van der Waals surface area contributed by atoms with Gasteiger partial charge in [0.25, 0.3) is 0 Å². The van der Waals surface area contributed by atoms with E-state index >= 15 is 0 Å². The van der Waals surface area contributed by atoms with Gasteiger partial charge >= 0.3 is 18.2 Å². The Morgan fingerprint density at radius 2 is 1.68 bits per heavy atom. The van der Waals surface area contributed by atoms with Crippen LogP contribution in [0.15, 0.2) is 66.9 Å². The molecule has 200 valence electrons. The number of rotatable bonds is 8. The number of carbonyl (C=O) groups is 2. The van der Waals surface area contributed by atoms with Gasteiger partial charge in [0.1, 0.15) is 23.4 Å². The molecule has 2 aromatic carbocycles. The third-order valence-corrected chi connectivity index (χ3v) is 5.84. The molecule has 0 aliphatic carbocycles. The number of aromatic nitrogens is 1. The standard InChI is InChI=1S/C27H25F3N2O6/c28-27(29,30)19-5-10-24(31-17-19)37-20-6-8-21(9-7-20)38-26(35)32-14-12-22(13-15-32)36-23-3-1-2-18(16-23)4-11-25(33)34/h1-3,5-10,16-17,22H,4,11-15H2,(H,33,34). The van der Waals surface area contributed by atoms with Crippen molar-refractivity contribution in [3.63, 3.8) is 0 Å². The van der Waals surface area contributed by atoms with Crippen LogP contribution in [-0.2, 0) is 17.4 Å². The van der Waals surface area contributed by atoms with Gasteiger partial charge in [-0.1, -0.05) is 12.1 Å². The Labute approximate surface area is 216 Å². The minimum absolute atomic E-state index is 0.000165. The minimum atomic E-state index is -4.48. The zero-order chi connectivity index (χ0) is 27.1. The average Bonchev–Trinajstić information content (AvgIpc) is 2.89. The van der Waals surface area contributed by atoms with Crippen molar-refractivity contribution >= 4 is 12.1 Å². The predicted molar refractivity (Wildman–Crippen MR) is 129 cm³/mol. The molecule has 1 aliphatic rings. The maximum Gasteiger partial charge on any atom is 0.417 e. The number of amides is 1. The van der Waals surface area contributed by atoms with E-state index in [1.165, 1.54) is 24.3 Å². The lowest BCUT2D eigenvalue weighted by molar-refractivity contribution is -0.138. The van der Waals surface area contributed by atoms with Crippen LogP contribution >= 0.6 is 0 Å². The predicted octanol–water partition coefficient (Wildman–Crippen LogP) is 5.95. The van der Waals surface area contributed by atoms with Crippen molar-refractivity contribution in [3.05, 3.63) is 78.0 Å². The molecule has 8 nitrogen and oxygen atoms in total. The first-order chi connectivity index (χ1) is 18.2. The molecule has 38 heavy (non-hydrogen) atoms. The number of aryl methyl sites for hydroxylation is 1. The highest BCUT2D eigenvalue weighted by Crippen LogP contribution is 2.30. The Balaban J connectivity index is 1.23. The second-order valence-electron chi connectivity index (χ2n) is 8.67. The van der Waals surface area contributed by atoms with Gasteiger partial charge in [0, 0.05) is 44.6 Å². The van der Waals surface area contributed by atoms with Gasteiger partial charge in [-0.15, -0.1) is 0 Å². The molecule has 1 fully saturated rings. The number of aliphatic carboxylic acids is 1. The molecule has 4 rings (SSSR count). The highest BCUT2D eigenvalue weighted by molar-refractivity contribution is 5.71. The molecule has 2 heterocycles. The first-order valence-electron chi connectivity index (χ1n) is 11.9. The summed E-state index contributed by atoms with van der Waals surface area (Å²) in [5, 5.41) is 8.85. The van der Waals surface area contributed by atoms with Crippen molar-refractivity contribution in [2.75, 3.05) is 13.1 Å². The third kappa shape index (κ3) is 7.61. The number of benzene rings is 2. The molecule has 1 N–H and O–H groups in total. The third-order valence-electron chi connectivity index (χ3n) is 5.84. The average molecular weight is 530 g/mol. The number of likely N-dealkylation sites (tertiary alicyclic amines) is 1. The summed E-state index contributed by atoms with van der Waals surface area (Å²) in [6.45, 7) is 0.895. The molecular formula is C27H25F3N2O6. The molecule has 1 aliphatic heterocycles. The highest BCUT2D eigenvalue weighted by atomic mass is 19.4. The lowest BCUT2D eigenvalue weighted by atomic mass is 10.1. The molecule has 1 aromatic heterocycles. The second-order valence-corrected chi connectivity index (χ2v) is 8.67. The first kappa shape index (κ1) is 26.8. The van der Waals surface area contributed by atoms with Gasteiger partial charge in [-0.25, -0.2) is 9.78 Å². The molecule has 0 unspecified atom stereocenters. The zero-order valence-electron chi connectivity index (χ0n) is 20.2. The number of carboxylic acids is 1. The van der Waals surface area contributed by atoms with Crippen molar-refractivity contribution in [3.8, 4) is 23.1 Å². The van der Waals surface area contributed by atoms with Crippen LogP contribution in [0.25, 0.3) is 0 Å². The van der Waals surface area contributed by atoms with Crippen molar-refractivity contribution in [2.24, 2.45) is 0 Å². The van der Waals surface area contributed by atoms with Gasteiger partial charge in [0.2, 0.25) is 5.88 Å². The number of hydrogen-bond donors (Lipinski definition) is 1. The van der Waals surface area contributed by atoms with E-state index < -0.39 is 23.8 Å². The molecule has 0 bridgehead atoms. The van der Waals surface area contributed by atoms with Gasteiger partial charge in [-0.05, 0) is 54.4 Å². The fraction of sp³-hybridized carbons (Fsp3) is 0.296. The summed E-state index contributed by atoms with van der Waals surface area (Å²) < 4.78 is 54.9. The Kier molecular flexibility index (Phi) is 8.35. The van der Waals surface area contributed by atoms with Crippen molar-refractivity contribution in [1.82, 2.24) is 9.88 Å². The Hall–Kier alpha value is -4.28. The van der Waals surface area contributed by atoms with Crippen LogP contribution in [0, 0.1) is 0 Å². The normalized spacial score (nSPS) is 14.1. The summed E-state index contributed by atoms with van der Waals surface area (Å²) in [4.78, 5) is 28.6. The number of piperidine rings is 1. The monoisotopic (exact) mass is 530 g/mol. The SMILES string of the molecule is O=C(O)CCc1cccc(OC2CCN(C(=O)Oc3ccc(Oc4ccc(C(F)(F)F)cn4)cc3)CC2)c1. The number of carboxylic acid groups (broad SMARTS) is 1. The summed E-state index contributed by atoms with van der Waals surface area (Å²) in [5.74, 6) is 0.430. The van der Waals surface area contributed by atoms with Crippen molar-refractivity contribution < 1.29 is 42.1 Å². The maximum absolute atomic E-state index is 12.6. The van der Waals surface area contributed by atoms with Crippen molar-refractivity contribution in [1.29, 1.82) is 0 Å². The number of carbonyl (C=O) groups excluding carboxylic acids is 1. The van der Waals surface area contributed by atoms with E-state index in [1.807, 2.05) is 24.3 Å². The van der Waals surface area contributed by atoms with E-state index in [-0.39, 0.29) is 18.4 Å². The van der Waals surface area contributed by atoms with Crippen LogP contribution in [-0.4, -0.2) is 46.2 Å². The number of nitrogens with zero attached hydrogens (tertiary/aromatic N) is 2. The van der Waals surface area contributed by atoms with E-state index in [1.54, 1.807) is 4.90 Å². The Bertz CT molecular complexity index is 1240. The Morgan fingerprint density at radius 1 is 0.974 bits per heavy atom.